The van der Waals surface area contributed by atoms with Crippen molar-refractivity contribution in [2.45, 2.75) is 6.54 Å². The largest absolute Gasteiger partial charge is 0.497 e. The van der Waals surface area contributed by atoms with E-state index >= 15 is 0 Å². The highest BCUT2D eigenvalue weighted by Crippen LogP contribution is 2.30. The molecule has 0 saturated heterocycles. The van der Waals surface area contributed by atoms with E-state index in [-0.39, 0.29) is 6.61 Å². The van der Waals surface area contributed by atoms with E-state index in [1.807, 2.05) is 48.6 Å². The molecular formula is C20H20ClNO3. The third-order valence-electron chi connectivity index (χ3n) is 4.12. The van der Waals surface area contributed by atoms with E-state index in [1.165, 1.54) is 0 Å². The zero-order valence-corrected chi connectivity index (χ0v) is 15.0. The van der Waals surface area contributed by atoms with Gasteiger partial charge in [0.1, 0.15) is 11.5 Å². The summed E-state index contributed by atoms with van der Waals surface area (Å²) < 4.78 is 12.7. The van der Waals surface area contributed by atoms with Crippen LogP contribution in [0.25, 0.3) is 23.1 Å². The fourth-order valence-electron chi connectivity index (χ4n) is 2.91. The monoisotopic (exact) mass is 357 g/mol. The fourth-order valence-corrected chi connectivity index (χ4v) is 3.14. The molecule has 0 aliphatic rings. The van der Waals surface area contributed by atoms with Crippen LogP contribution in [0.15, 0.2) is 42.5 Å². The summed E-state index contributed by atoms with van der Waals surface area (Å²) in [5.41, 5.74) is 2.84. The maximum Gasteiger partial charge on any atom is 0.127 e. The van der Waals surface area contributed by atoms with E-state index in [4.69, 9.17) is 21.1 Å². The highest BCUT2D eigenvalue weighted by Gasteiger charge is 2.09. The smallest absolute Gasteiger partial charge is 0.127 e. The molecule has 4 nitrogen and oxygen atoms in total. The van der Waals surface area contributed by atoms with Crippen molar-refractivity contribution in [2.75, 3.05) is 20.8 Å². The standard InChI is InChI=1S/C20H20ClNO3/c1-24-16-7-9-19-14(13-16)12-15(22(19)10-11-23)6-8-17-18(21)4-3-5-20(17)25-2/h3-9,12-13,23H,10-11H2,1-2H3. The van der Waals surface area contributed by atoms with E-state index in [0.717, 1.165) is 33.7 Å². The lowest BCUT2D eigenvalue weighted by atomic mass is 10.1. The molecule has 0 saturated carbocycles. The Morgan fingerprint density at radius 3 is 2.64 bits per heavy atom. The molecule has 1 N–H and O–H groups in total. The van der Waals surface area contributed by atoms with Gasteiger partial charge in [-0.3, -0.25) is 0 Å². The topological polar surface area (TPSA) is 43.6 Å². The molecule has 0 aliphatic carbocycles. The van der Waals surface area contributed by atoms with Crippen LogP contribution in [0.4, 0.5) is 0 Å². The normalized spacial score (nSPS) is 11.4. The third kappa shape index (κ3) is 3.50. The lowest BCUT2D eigenvalue weighted by Gasteiger charge is -2.08. The second-order valence-electron chi connectivity index (χ2n) is 5.56. The Labute approximate surface area is 151 Å². The van der Waals surface area contributed by atoms with Crippen molar-refractivity contribution in [3.8, 4) is 11.5 Å². The lowest BCUT2D eigenvalue weighted by Crippen LogP contribution is -2.03. The average Bonchev–Trinajstić information content (AvgIpc) is 2.97. The summed E-state index contributed by atoms with van der Waals surface area (Å²) >= 11 is 6.30. The summed E-state index contributed by atoms with van der Waals surface area (Å²) in [7, 11) is 3.27. The zero-order chi connectivity index (χ0) is 17.8. The summed E-state index contributed by atoms with van der Waals surface area (Å²) in [6.45, 7) is 0.571. The Morgan fingerprint density at radius 1 is 1.08 bits per heavy atom. The number of ether oxygens (including phenoxy) is 2. The minimum Gasteiger partial charge on any atom is -0.497 e. The summed E-state index contributed by atoms with van der Waals surface area (Å²) in [4.78, 5) is 0. The molecular weight excluding hydrogens is 338 g/mol. The third-order valence-corrected chi connectivity index (χ3v) is 4.45. The first-order valence-corrected chi connectivity index (χ1v) is 8.34. The predicted molar refractivity (Wildman–Crippen MR) is 103 cm³/mol. The highest BCUT2D eigenvalue weighted by molar-refractivity contribution is 6.32. The van der Waals surface area contributed by atoms with Crippen molar-refractivity contribution in [3.05, 3.63) is 58.7 Å². The Bertz CT molecular complexity index is 915. The van der Waals surface area contributed by atoms with E-state index in [2.05, 4.69) is 10.6 Å². The van der Waals surface area contributed by atoms with Crippen LogP contribution in [0.3, 0.4) is 0 Å². The lowest BCUT2D eigenvalue weighted by molar-refractivity contribution is 0.278. The molecule has 0 spiro atoms. The SMILES string of the molecule is COc1ccc2c(c1)cc(C=Cc1c(Cl)cccc1OC)n2CCO. The van der Waals surface area contributed by atoms with Crippen LogP contribution in [0.5, 0.6) is 11.5 Å². The Hall–Kier alpha value is -2.43. The number of aliphatic hydroxyl groups excluding tert-OH is 1. The number of aliphatic hydroxyl groups is 1. The van der Waals surface area contributed by atoms with Crippen LogP contribution in [0.2, 0.25) is 5.02 Å². The number of methoxy groups -OCH3 is 2. The molecule has 130 valence electrons. The van der Waals surface area contributed by atoms with Crippen molar-refractivity contribution >= 4 is 34.7 Å². The quantitative estimate of drug-likeness (QED) is 0.707. The summed E-state index contributed by atoms with van der Waals surface area (Å²) in [6, 6.07) is 13.5. The van der Waals surface area contributed by atoms with Crippen LogP contribution in [0, 0.1) is 0 Å². The van der Waals surface area contributed by atoms with Gasteiger partial charge in [0.15, 0.2) is 0 Å². The first-order chi connectivity index (χ1) is 12.2. The second-order valence-corrected chi connectivity index (χ2v) is 5.97. The van der Waals surface area contributed by atoms with Crippen LogP contribution in [0.1, 0.15) is 11.3 Å². The van der Waals surface area contributed by atoms with Crippen LogP contribution in [-0.4, -0.2) is 30.5 Å². The molecule has 5 heteroatoms. The fraction of sp³-hybridized carbons (Fsp3) is 0.200. The molecule has 2 aromatic carbocycles. The van der Waals surface area contributed by atoms with Crippen LogP contribution in [-0.2, 0) is 6.54 Å². The summed E-state index contributed by atoms with van der Waals surface area (Å²) in [5, 5.41) is 11.1. The van der Waals surface area contributed by atoms with Crippen molar-refractivity contribution in [1.82, 2.24) is 4.57 Å². The van der Waals surface area contributed by atoms with Gasteiger partial charge in [-0.1, -0.05) is 17.7 Å². The molecule has 1 heterocycles. The maximum absolute atomic E-state index is 9.42. The second kappa shape index (κ2) is 7.64. The molecule has 0 atom stereocenters. The summed E-state index contributed by atoms with van der Waals surface area (Å²) in [5.74, 6) is 1.52. The van der Waals surface area contributed by atoms with Crippen molar-refractivity contribution in [1.29, 1.82) is 0 Å². The number of aromatic nitrogens is 1. The van der Waals surface area contributed by atoms with Gasteiger partial charge in [0.05, 0.1) is 25.8 Å². The number of hydrogen-bond donors (Lipinski definition) is 1. The van der Waals surface area contributed by atoms with E-state index in [0.29, 0.717) is 11.6 Å². The number of hydrogen-bond acceptors (Lipinski definition) is 3. The first-order valence-electron chi connectivity index (χ1n) is 7.96. The zero-order valence-electron chi connectivity index (χ0n) is 14.2. The number of benzene rings is 2. The van der Waals surface area contributed by atoms with Crippen molar-refractivity contribution < 1.29 is 14.6 Å². The summed E-state index contributed by atoms with van der Waals surface area (Å²) in [6.07, 6.45) is 3.91. The van der Waals surface area contributed by atoms with Crippen molar-refractivity contribution in [2.24, 2.45) is 0 Å². The van der Waals surface area contributed by atoms with Gasteiger partial charge in [0.2, 0.25) is 0 Å². The van der Waals surface area contributed by atoms with Gasteiger partial charge in [-0.05, 0) is 48.6 Å². The number of fused-ring (bicyclic) bond motifs is 1. The highest BCUT2D eigenvalue weighted by atomic mass is 35.5. The molecule has 0 amide bonds. The van der Waals surface area contributed by atoms with Crippen LogP contribution >= 0.6 is 11.6 Å². The number of halogens is 1. The van der Waals surface area contributed by atoms with Gasteiger partial charge in [0, 0.05) is 28.7 Å². The molecule has 0 aliphatic heterocycles. The van der Waals surface area contributed by atoms with E-state index < -0.39 is 0 Å². The van der Waals surface area contributed by atoms with Gasteiger partial charge in [-0.2, -0.15) is 0 Å². The van der Waals surface area contributed by atoms with E-state index in [9.17, 15) is 5.11 Å². The molecule has 0 unspecified atom stereocenters. The van der Waals surface area contributed by atoms with E-state index in [1.54, 1.807) is 14.2 Å². The molecule has 3 aromatic rings. The molecule has 0 bridgehead atoms. The van der Waals surface area contributed by atoms with Gasteiger partial charge in [-0.25, -0.2) is 0 Å². The van der Waals surface area contributed by atoms with Crippen LogP contribution < -0.4 is 9.47 Å². The van der Waals surface area contributed by atoms with Gasteiger partial charge in [0.25, 0.3) is 0 Å². The molecule has 25 heavy (non-hydrogen) atoms. The molecule has 1 aromatic heterocycles. The average molecular weight is 358 g/mol. The van der Waals surface area contributed by atoms with Crippen molar-refractivity contribution in [3.63, 3.8) is 0 Å². The number of nitrogens with zero attached hydrogens (tertiary/aromatic N) is 1. The van der Waals surface area contributed by atoms with Gasteiger partial charge >= 0.3 is 0 Å². The predicted octanol–water partition coefficient (Wildman–Crippen LogP) is 4.47. The Balaban J connectivity index is 2.07. The minimum atomic E-state index is 0.0616. The Morgan fingerprint density at radius 2 is 1.92 bits per heavy atom. The number of rotatable bonds is 6. The minimum absolute atomic E-state index is 0.0616. The molecule has 0 fully saturated rings. The first kappa shape index (κ1) is 17.4. The molecule has 0 radical (unpaired) electrons. The maximum atomic E-state index is 9.42. The van der Waals surface area contributed by atoms with Gasteiger partial charge in [-0.15, -0.1) is 0 Å². The van der Waals surface area contributed by atoms with Gasteiger partial charge < -0.3 is 19.1 Å². The molecule has 3 rings (SSSR count). The Kier molecular flexibility index (Phi) is 5.31.